The summed E-state index contributed by atoms with van der Waals surface area (Å²) in [6.07, 6.45) is 1.74. The van der Waals surface area contributed by atoms with Crippen molar-refractivity contribution in [1.82, 2.24) is 4.90 Å². The molecule has 7 heteroatoms. The summed E-state index contributed by atoms with van der Waals surface area (Å²) in [5.74, 6) is 0.315. The van der Waals surface area contributed by atoms with Crippen molar-refractivity contribution in [3.05, 3.63) is 80.7 Å². The fraction of sp³-hybridized carbons (Fsp3) is 0.130. The first-order valence-electron chi connectivity index (χ1n) is 9.31. The Morgan fingerprint density at radius 1 is 1.07 bits per heavy atom. The van der Waals surface area contributed by atoms with Crippen LogP contribution in [0.2, 0.25) is 10.0 Å². The van der Waals surface area contributed by atoms with Gasteiger partial charge in [-0.3, -0.25) is 14.5 Å². The second kappa shape index (κ2) is 8.72. The molecule has 0 atom stereocenters. The van der Waals surface area contributed by atoms with Gasteiger partial charge < -0.3 is 4.74 Å². The summed E-state index contributed by atoms with van der Waals surface area (Å²) in [5.41, 5.74) is 1.44. The van der Waals surface area contributed by atoms with Crippen molar-refractivity contribution >= 4 is 63.0 Å². The molecule has 3 aromatic rings. The number of ether oxygens (including phenoxy) is 1. The lowest BCUT2D eigenvalue weighted by molar-refractivity contribution is -0.123. The maximum absolute atomic E-state index is 13.0. The standard InChI is InChI=1S/C23H17Cl2NO3S/c1-2-29-20-10-8-14-5-3-4-6-17(14)18(20)12-21-22(27)26(23(28)30-21)13-15-7-9-16(24)11-19(15)25/h3-12H,2,13H2,1H3/b21-12-. The van der Waals surface area contributed by atoms with Crippen molar-refractivity contribution in [2.75, 3.05) is 6.61 Å². The minimum Gasteiger partial charge on any atom is -0.493 e. The van der Waals surface area contributed by atoms with E-state index in [0.29, 0.717) is 32.9 Å². The molecule has 0 saturated carbocycles. The molecule has 0 radical (unpaired) electrons. The summed E-state index contributed by atoms with van der Waals surface area (Å²) in [6, 6.07) is 16.7. The van der Waals surface area contributed by atoms with Gasteiger partial charge in [0.1, 0.15) is 5.75 Å². The minimum atomic E-state index is -0.355. The molecule has 0 spiro atoms. The van der Waals surface area contributed by atoms with Crippen LogP contribution >= 0.6 is 35.0 Å². The van der Waals surface area contributed by atoms with Crippen LogP contribution in [-0.4, -0.2) is 22.7 Å². The Morgan fingerprint density at radius 3 is 2.63 bits per heavy atom. The second-order valence-corrected chi connectivity index (χ2v) is 8.47. The Balaban J connectivity index is 1.71. The van der Waals surface area contributed by atoms with E-state index >= 15 is 0 Å². The smallest absolute Gasteiger partial charge is 0.293 e. The van der Waals surface area contributed by atoms with Crippen molar-refractivity contribution in [2.24, 2.45) is 0 Å². The summed E-state index contributed by atoms with van der Waals surface area (Å²) in [4.78, 5) is 27.1. The monoisotopic (exact) mass is 457 g/mol. The number of benzene rings is 3. The van der Waals surface area contributed by atoms with Gasteiger partial charge in [-0.2, -0.15) is 0 Å². The maximum atomic E-state index is 13.0. The molecule has 1 aliphatic rings. The van der Waals surface area contributed by atoms with Gasteiger partial charge in [0.25, 0.3) is 11.1 Å². The van der Waals surface area contributed by atoms with E-state index < -0.39 is 0 Å². The van der Waals surface area contributed by atoms with Crippen LogP contribution in [-0.2, 0) is 11.3 Å². The molecular formula is C23H17Cl2NO3S. The number of imide groups is 1. The Hall–Kier alpha value is -2.47. The molecular weight excluding hydrogens is 441 g/mol. The molecule has 4 nitrogen and oxygen atoms in total. The SMILES string of the molecule is CCOc1ccc2ccccc2c1/C=C1\SC(=O)N(Cc2ccc(Cl)cc2Cl)C1=O. The largest absolute Gasteiger partial charge is 0.493 e. The molecule has 1 heterocycles. The van der Waals surface area contributed by atoms with Gasteiger partial charge in [-0.15, -0.1) is 0 Å². The number of nitrogens with zero attached hydrogens (tertiary/aromatic N) is 1. The molecule has 0 unspecified atom stereocenters. The van der Waals surface area contributed by atoms with E-state index in [1.165, 1.54) is 4.90 Å². The molecule has 1 fully saturated rings. The van der Waals surface area contributed by atoms with Gasteiger partial charge in [0, 0.05) is 15.6 Å². The average molecular weight is 458 g/mol. The lowest BCUT2D eigenvalue weighted by atomic mass is 10.0. The highest BCUT2D eigenvalue weighted by atomic mass is 35.5. The summed E-state index contributed by atoms with van der Waals surface area (Å²) in [5, 5.41) is 2.56. The topological polar surface area (TPSA) is 46.6 Å². The number of hydrogen-bond acceptors (Lipinski definition) is 4. The van der Waals surface area contributed by atoms with Crippen molar-refractivity contribution in [3.8, 4) is 5.75 Å². The number of amides is 2. The van der Waals surface area contributed by atoms with Crippen molar-refractivity contribution in [3.63, 3.8) is 0 Å². The van der Waals surface area contributed by atoms with Gasteiger partial charge in [0.05, 0.1) is 18.1 Å². The Morgan fingerprint density at radius 2 is 1.87 bits per heavy atom. The van der Waals surface area contributed by atoms with E-state index in [1.54, 1.807) is 24.3 Å². The van der Waals surface area contributed by atoms with E-state index in [4.69, 9.17) is 27.9 Å². The molecule has 30 heavy (non-hydrogen) atoms. The molecule has 4 rings (SSSR count). The molecule has 0 aliphatic carbocycles. The lowest BCUT2D eigenvalue weighted by Crippen LogP contribution is -2.27. The van der Waals surface area contributed by atoms with Gasteiger partial charge in [-0.25, -0.2) is 0 Å². The molecule has 0 bridgehead atoms. The highest BCUT2D eigenvalue weighted by molar-refractivity contribution is 8.18. The zero-order valence-corrected chi connectivity index (χ0v) is 18.4. The molecule has 152 valence electrons. The summed E-state index contributed by atoms with van der Waals surface area (Å²) >= 11 is 13.1. The van der Waals surface area contributed by atoms with Gasteiger partial charge >= 0.3 is 0 Å². The van der Waals surface area contributed by atoms with E-state index in [1.807, 2.05) is 43.3 Å². The predicted molar refractivity (Wildman–Crippen MR) is 123 cm³/mol. The van der Waals surface area contributed by atoms with Crippen LogP contribution < -0.4 is 4.74 Å². The summed E-state index contributed by atoms with van der Waals surface area (Å²) in [7, 11) is 0. The maximum Gasteiger partial charge on any atom is 0.293 e. The number of hydrogen-bond donors (Lipinski definition) is 0. The van der Waals surface area contributed by atoms with Crippen LogP contribution in [0.25, 0.3) is 16.8 Å². The Kier molecular flexibility index (Phi) is 6.04. The van der Waals surface area contributed by atoms with E-state index in [2.05, 4.69) is 0 Å². The fourth-order valence-corrected chi connectivity index (χ4v) is 4.58. The molecule has 3 aromatic carbocycles. The van der Waals surface area contributed by atoms with Crippen molar-refractivity contribution in [1.29, 1.82) is 0 Å². The van der Waals surface area contributed by atoms with Gasteiger partial charge in [0.15, 0.2) is 0 Å². The zero-order chi connectivity index (χ0) is 21.3. The fourth-order valence-electron chi connectivity index (χ4n) is 3.29. The minimum absolute atomic E-state index is 0.0892. The molecule has 1 aliphatic heterocycles. The first-order valence-corrected chi connectivity index (χ1v) is 10.9. The van der Waals surface area contributed by atoms with Crippen LogP contribution in [0.5, 0.6) is 5.75 Å². The second-order valence-electron chi connectivity index (χ2n) is 6.64. The molecule has 0 N–H and O–H groups in total. The first kappa shape index (κ1) is 20.8. The molecule has 1 saturated heterocycles. The van der Waals surface area contributed by atoms with E-state index in [9.17, 15) is 9.59 Å². The van der Waals surface area contributed by atoms with Gasteiger partial charge in [-0.1, -0.05) is 59.6 Å². The predicted octanol–water partition coefficient (Wildman–Crippen LogP) is 6.78. The number of carbonyl (C=O) groups is 2. The first-order chi connectivity index (χ1) is 14.5. The Labute approximate surface area is 188 Å². The third-order valence-corrected chi connectivity index (χ3v) is 6.22. The number of thioether (sulfide) groups is 1. The lowest BCUT2D eigenvalue weighted by Gasteiger charge is -2.14. The van der Waals surface area contributed by atoms with Crippen LogP contribution in [0, 0.1) is 0 Å². The van der Waals surface area contributed by atoms with Crippen LogP contribution in [0.1, 0.15) is 18.1 Å². The van der Waals surface area contributed by atoms with E-state index in [0.717, 1.165) is 28.1 Å². The van der Waals surface area contributed by atoms with Gasteiger partial charge in [-0.05, 0) is 59.3 Å². The Bertz CT molecular complexity index is 1190. The zero-order valence-electron chi connectivity index (χ0n) is 16.0. The van der Waals surface area contributed by atoms with Crippen LogP contribution in [0.3, 0.4) is 0 Å². The number of carbonyl (C=O) groups excluding carboxylic acids is 2. The third-order valence-electron chi connectivity index (χ3n) is 4.72. The van der Waals surface area contributed by atoms with Gasteiger partial charge in [0.2, 0.25) is 0 Å². The number of fused-ring (bicyclic) bond motifs is 1. The summed E-state index contributed by atoms with van der Waals surface area (Å²) in [6.45, 7) is 2.49. The normalized spacial score (nSPS) is 15.4. The number of halogens is 2. The quantitative estimate of drug-likeness (QED) is 0.396. The van der Waals surface area contributed by atoms with Crippen LogP contribution in [0.15, 0.2) is 59.5 Å². The molecule has 0 aromatic heterocycles. The highest BCUT2D eigenvalue weighted by Crippen LogP contribution is 2.38. The van der Waals surface area contributed by atoms with E-state index in [-0.39, 0.29) is 17.7 Å². The highest BCUT2D eigenvalue weighted by Gasteiger charge is 2.35. The van der Waals surface area contributed by atoms with Crippen molar-refractivity contribution < 1.29 is 14.3 Å². The third kappa shape index (κ3) is 4.06. The van der Waals surface area contributed by atoms with Crippen molar-refractivity contribution in [2.45, 2.75) is 13.5 Å². The van der Waals surface area contributed by atoms with Crippen LogP contribution in [0.4, 0.5) is 4.79 Å². The summed E-state index contributed by atoms with van der Waals surface area (Å²) < 4.78 is 5.77. The average Bonchev–Trinajstić information content (AvgIpc) is 2.99. The molecule has 2 amide bonds. The number of rotatable bonds is 5.